The monoisotopic (exact) mass is 458 g/mol. The van der Waals surface area contributed by atoms with Gasteiger partial charge in [0.05, 0.1) is 41.4 Å². The molecular formula is C26H23ClN4O2. The Bertz CT molecular complexity index is 1340. The van der Waals surface area contributed by atoms with Crippen molar-refractivity contribution in [3.05, 3.63) is 90.0 Å². The number of halogens is 1. The number of aliphatic hydroxyl groups is 2. The number of pyridine rings is 1. The van der Waals surface area contributed by atoms with Crippen LogP contribution in [-0.2, 0) is 0 Å². The Hall–Kier alpha value is -3.16. The van der Waals surface area contributed by atoms with Crippen molar-refractivity contribution < 1.29 is 27.5 Å². The van der Waals surface area contributed by atoms with E-state index in [2.05, 4.69) is 47.5 Å². The van der Waals surface area contributed by atoms with E-state index in [0.29, 0.717) is 12.8 Å². The van der Waals surface area contributed by atoms with Crippen molar-refractivity contribution in [2.45, 2.75) is 18.4 Å². The Morgan fingerprint density at radius 2 is 1.79 bits per heavy atom. The second-order valence-corrected chi connectivity index (χ2v) is 8.72. The van der Waals surface area contributed by atoms with Gasteiger partial charge in [0.15, 0.2) is 5.70 Å². The normalized spacial score (nSPS) is 25.5. The maximum absolute atomic E-state index is 10.3. The highest BCUT2D eigenvalue weighted by molar-refractivity contribution is 6.01. The first-order chi connectivity index (χ1) is 15.6. The highest BCUT2D eigenvalue weighted by Crippen LogP contribution is 2.43. The number of hydrogen-bond donors (Lipinski definition) is 3. The molecule has 3 aromatic rings. The number of nitrogens with zero attached hydrogens (tertiary/aromatic N) is 3. The summed E-state index contributed by atoms with van der Waals surface area (Å²) >= 11 is 0. The fourth-order valence-corrected chi connectivity index (χ4v) is 4.79. The lowest BCUT2D eigenvalue weighted by Gasteiger charge is -2.41. The Morgan fingerprint density at radius 3 is 2.58 bits per heavy atom. The summed E-state index contributed by atoms with van der Waals surface area (Å²) in [5, 5.41) is 20.8. The summed E-state index contributed by atoms with van der Waals surface area (Å²) in [6.45, 7) is -0.215. The first-order valence-corrected chi connectivity index (χ1v) is 10.8. The van der Waals surface area contributed by atoms with E-state index < -0.39 is 5.60 Å². The van der Waals surface area contributed by atoms with E-state index in [1.165, 1.54) is 0 Å². The van der Waals surface area contributed by atoms with Crippen molar-refractivity contribution in [3.63, 3.8) is 0 Å². The smallest absolute Gasteiger partial charge is 0.243 e. The van der Waals surface area contributed by atoms with Crippen LogP contribution >= 0.6 is 0 Å². The van der Waals surface area contributed by atoms with E-state index in [0.717, 1.165) is 49.9 Å². The van der Waals surface area contributed by atoms with Crippen LogP contribution in [0.15, 0.2) is 94.4 Å². The highest BCUT2D eigenvalue weighted by Gasteiger charge is 2.48. The molecule has 6 nitrogen and oxygen atoms in total. The van der Waals surface area contributed by atoms with E-state index in [-0.39, 0.29) is 24.9 Å². The predicted molar refractivity (Wildman–Crippen MR) is 124 cm³/mol. The zero-order chi connectivity index (χ0) is 21.7. The van der Waals surface area contributed by atoms with Gasteiger partial charge in [0.1, 0.15) is 11.9 Å². The van der Waals surface area contributed by atoms with Crippen LogP contribution in [0.2, 0.25) is 0 Å². The lowest BCUT2D eigenvalue weighted by Crippen LogP contribution is -3.08. The number of amidine groups is 1. The molecule has 0 amide bonds. The maximum atomic E-state index is 10.3. The van der Waals surface area contributed by atoms with Crippen LogP contribution in [0, 0.1) is 5.92 Å². The lowest BCUT2D eigenvalue weighted by molar-refractivity contribution is -0.689. The van der Waals surface area contributed by atoms with E-state index in [1.807, 2.05) is 30.6 Å². The van der Waals surface area contributed by atoms with Crippen LogP contribution in [0.1, 0.15) is 18.4 Å². The molecule has 0 bridgehead atoms. The van der Waals surface area contributed by atoms with Gasteiger partial charge in [-0.2, -0.15) is 4.99 Å². The summed E-state index contributed by atoms with van der Waals surface area (Å²) in [5.41, 5.74) is 4.94. The standard InChI is InChI=1S/C26H22N4O2.ClH/c31-16-26(32)13-20(14-26)24-23-15-27-10-11-30(23)25(29-24)19-7-6-18-8-9-21(28-22(18)12-19)17-4-2-1-3-5-17;/h1-12,15,20,31-32H,13-14,16H2;1H. The fraction of sp³-hybridized carbons (Fsp3) is 0.192. The number of benzene rings is 2. The third kappa shape index (κ3) is 3.71. The molecule has 33 heavy (non-hydrogen) atoms. The number of rotatable bonds is 4. The molecule has 166 valence electrons. The van der Waals surface area contributed by atoms with Crippen molar-refractivity contribution >= 4 is 23.0 Å². The number of fused-ring (bicyclic) bond motifs is 2. The minimum atomic E-state index is -0.987. The van der Waals surface area contributed by atoms with Gasteiger partial charge in [0, 0.05) is 16.9 Å². The average molecular weight is 459 g/mol. The molecule has 2 aromatic carbocycles. The Kier molecular flexibility index (Phi) is 5.46. The molecule has 3 aliphatic rings. The minimum absolute atomic E-state index is 0. The number of allylic oxidation sites excluding steroid dienone is 2. The van der Waals surface area contributed by atoms with Crippen LogP contribution in [0.4, 0.5) is 0 Å². The zero-order valence-corrected chi connectivity index (χ0v) is 18.6. The summed E-state index contributed by atoms with van der Waals surface area (Å²) in [6, 6.07) is 20.6. The van der Waals surface area contributed by atoms with Gasteiger partial charge in [-0.3, -0.25) is 4.99 Å². The molecule has 6 rings (SSSR count). The summed E-state index contributed by atoms with van der Waals surface area (Å²) < 4.78 is 0. The molecule has 0 spiro atoms. The van der Waals surface area contributed by atoms with Gasteiger partial charge < -0.3 is 22.6 Å². The van der Waals surface area contributed by atoms with Crippen molar-refractivity contribution in [3.8, 4) is 11.3 Å². The Morgan fingerprint density at radius 1 is 1.00 bits per heavy atom. The first kappa shape index (κ1) is 21.7. The van der Waals surface area contributed by atoms with Crippen molar-refractivity contribution in [2.75, 3.05) is 6.61 Å². The number of hydrogen-bond acceptors (Lipinski definition) is 5. The second kappa shape index (κ2) is 8.32. The minimum Gasteiger partial charge on any atom is -1.00 e. The molecule has 1 atom stereocenters. The predicted octanol–water partition coefficient (Wildman–Crippen LogP) is -0.548. The van der Waals surface area contributed by atoms with Crippen molar-refractivity contribution in [1.29, 1.82) is 0 Å². The van der Waals surface area contributed by atoms with Crippen LogP contribution in [-0.4, -0.2) is 39.5 Å². The third-order valence-electron chi connectivity index (χ3n) is 6.55. The maximum Gasteiger partial charge on any atom is 0.243 e. The molecule has 1 aromatic heterocycles. The fourth-order valence-electron chi connectivity index (χ4n) is 4.79. The third-order valence-corrected chi connectivity index (χ3v) is 6.55. The van der Waals surface area contributed by atoms with Crippen LogP contribution in [0.25, 0.3) is 22.2 Å². The number of aliphatic imine (C=N–C) groups is 2. The molecule has 7 heteroatoms. The molecule has 3 N–H and O–H groups in total. The molecular weight excluding hydrogens is 436 g/mol. The average Bonchev–Trinajstić information content (AvgIpc) is 3.21. The van der Waals surface area contributed by atoms with Gasteiger partial charge in [-0.05, 0) is 31.0 Å². The quantitative estimate of drug-likeness (QED) is 0.491. The van der Waals surface area contributed by atoms with E-state index in [4.69, 9.17) is 9.98 Å². The summed E-state index contributed by atoms with van der Waals surface area (Å²) in [5.74, 6) is 1.03. The molecule has 1 aliphatic carbocycles. The largest absolute Gasteiger partial charge is 1.00 e. The highest BCUT2D eigenvalue weighted by atomic mass is 35.5. The Balaban J connectivity index is 0.00000228. The van der Waals surface area contributed by atoms with Crippen molar-refractivity contribution in [2.24, 2.45) is 15.9 Å². The van der Waals surface area contributed by atoms with E-state index >= 15 is 0 Å². The van der Waals surface area contributed by atoms with Gasteiger partial charge >= 0.3 is 0 Å². The molecule has 0 radical (unpaired) electrons. The van der Waals surface area contributed by atoms with Gasteiger partial charge in [-0.1, -0.05) is 42.5 Å². The van der Waals surface area contributed by atoms with E-state index in [1.54, 1.807) is 6.20 Å². The molecule has 0 saturated heterocycles. The number of quaternary nitrogens is 1. The number of aliphatic hydroxyl groups excluding tert-OH is 1. The molecule has 2 aliphatic heterocycles. The zero-order valence-electron chi connectivity index (χ0n) is 17.8. The van der Waals surface area contributed by atoms with Crippen LogP contribution in [0.5, 0.6) is 0 Å². The van der Waals surface area contributed by atoms with Gasteiger partial charge in [-0.25, -0.2) is 9.88 Å². The number of nitrogens with one attached hydrogen (secondary N) is 1. The van der Waals surface area contributed by atoms with Crippen molar-refractivity contribution in [1.82, 2.24) is 4.98 Å². The summed E-state index contributed by atoms with van der Waals surface area (Å²) in [4.78, 5) is 15.3. The summed E-state index contributed by atoms with van der Waals surface area (Å²) in [7, 11) is 0. The topological polar surface area (TPSA) is 82.5 Å². The first-order valence-electron chi connectivity index (χ1n) is 10.8. The SMILES string of the molecule is OCC1(O)CC(C2=C3C=NC=C[NH+]3C(c3ccc4ccc(-c5ccccc5)nc4c3)=N2)C1.[Cl-]. The molecule has 1 fully saturated rings. The van der Waals surface area contributed by atoms with Gasteiger partial charge in [0.2, 0.25) is 5.84 Å². The lowest BCUT2D eigenvalue weighted by atomic mass is 9.69. The molecule has 3 heterocycles. The summed E-state index contributed by atoms with van der Waals surface area (Å²) in [6.07, 6.45) is 6.67. The van der Waals surface area contributed by atoms with Gasteiger partial charge in [-0.15, -0.1) is 0 Å². The number of aromatic nitrogens is 1. The van der Waals surface area contributed by atoms with Gasteiger partial charge in [0.25, 0.3) is 0 Å². The van der Waals surface area contributed by atoms with Crippen LogP contribution < -0.4 is 17.3 Å². The van der Waals surface area contributed by atoms with Crippen LogP contribution in [0.3, 0.4) is 0 Å². The second-order valence-electron chi connectivity index (χ2n) is 8.72. The molecule has 1 saturated carbocycles. The molecule has 1 unspecified atom stereocenters. The Labute approximate surface area is 197 Å². The van der Waals surface area contributed by atoms with E-state index in [9.17, 15) is 10.2 Å².